The van der Waals surface area contributed by atoms with Crippen molar-refractivity contribution in [3.63, 3.8) is 0 Å². The average molecular weight is 297 g/mol. The van der Waals surface area contributed by atoms with Gasteiger partial charge in [-0.3, -0.25) is 0 Å². The van der Waals surface area contributed by atoms with Crippen LogP contribution < -0.4 is 0 Å². The van der Waals surface area contributed by atoms with Gasteiger partial charge in [0.2, 0.25) is 10.0 Å². The molecule has 5 heteroatoms. The lowest BCUT2D eigenvalue weighted by Gasteiger charge is -2.34. The number of rotatable bonds is 4. The molecule has 0 radical (unpaired) electrons. The Labute approximate surface area is 121 Å². The quantitative estimate of drug-likeness (QED) is 0.929. The molecule has 1 aliphatic heterocycles. The van der Waals surface area contributed by atoms with E-state index in [2.05, 4.69) is 0 Å². The van der Waals surface area contributed by atoms with E-state index in [9.17, 15) is 13.5 Å². The Morgan fingerprint density at radius 2 is 2.15 bits per heavy atom. The number of hydrogen-bond donors (Lipinski definition) is 1. The predicted molar refractivity (Wildman–Crippen MR) is 78.9 cm³/mol. The number of sulfonamides is 1. The molecular weight excluding hydrogens is 274 g/mol. The number of aliphatic hydroxyl groups is 1. The Balaban J connectivity index is 2.36. The number of piperidine rings is 1. The molecule has 0 bridgehead atoms. The third-order valence-corrected chi connectivity index (χ3v) is 5.94. The monoisotopic (exact) mass is 297 g/mol. The molecule has 2 unspecified atom stereocenters. The molecule has 1 N–H and O–H groups in total. The van der Waals surface area contributed by atoms with Crippen LogP contribution in [0.1, 0.15) is 51.2 Å². The number of benzene rings is 1. The molecule has 2 rings (SSSR count). The molecule has 1 heterocycles. The lowest BCUT2D eigenvalue weighted by Crippen LogP contribution is -2.43. The first-order valence-corrected chi connectivity index (χ1v) is 8.70. The second kappa shape index (κ2) is 6.24. The van der Waals surface area contributed by atoms with Crippen LogP contribution in [0.2, 0.25) is 0 Å². The van der Waals surface area contributed by atoms with Gasteiger partial charge in [-0.15, -0.1) is 0 Å². The van der Waals surface area contributed by atoms with E-state index in [0.29, 0.717) is 12.1 Å². The van der Waals surface area contributed by atoms with Crippen molar-refractivity contribution in [2.24, 2.45) is 0 Å². The summed E-state index contributed by atoms with van der Waals surface area (Å²) in [6, 6.07) is 6.74. The highest BCUT2D eigenvalue weighted by atomic mass is 32.2. The largest absolute Gasteiger partial charge is 0.389 e. The summed E-state index contributed by atoms with van der Waals surface area (Å²) in [7, 11) is -3.46. The van der Waals surface area contributed by atoms with Crippen LogP contribution in [0.5, 0.6) is 0 Å². The Kier molecular flexibility index (Phi) is 4.83. The Morgan fingerprint density at radius 1 is 1.40 bits per heavy atom. The molecule has 1 aromatic rings. The fraction of sp³-hybridized carbons (Fsp3) is 0.600. The van der Waals surface area contributed by atoms with Crippen LogP contribution in [0.15, 0.2) is 29.2 Å². The fourth-order valence-corrected chi connectivity index (χ4v) is 4.59. The van der Waals surface area contributed by atoms with E-state index in [4.69, 9.17) is 0 Å². The Morgan fingerprint density at radius 3 is 2.80 bits per heavy atom. The molecule has 4 nitrogen and oxygen atoms in total. The van der Waals surface area contributed by atoms with Crippen LogP contribution in [0, 0.1) is 0 Å². The molecule has 1 saturated heterocycles. The van der Waals surface area contributed by atoms with Crippen molar-refractivity contribution in [1.82, 2.24) is 4.31 Å². The first kappa shape index (κ1) is 15.5. The number of nitrogens with zero attached hydrogens (tertiary/aromatic N) is 1. The average Bonchev–Trinajstić information content (AvgIpc) is 2.47. The van der Waals surface area contributed by atoms with Gasteiger partial charge >= 0.3 is 0 Å². The minimum absolute atomic E-state index is 0.101. The van der Waals surface area contributed by atoms with Gasteiger partial charge in [0.05, 0.1) is 11.0 Å². The maximum Gasteiger partial charge on any atom is 0.243 e. The van der Waals surface area contributed by atoms with Crippen molar-refractivity contribution in [1.29, 1.82) is 0 Å². The van der Waals surface area contributed by atoms with Gasteiger partial charge < -0.3 is 5.11 Å². The van der Waals surface area contributed by atoms with Crippen molar-refractivity contribution in [3.8, 4) is 0 Å². The third-order valence-electron chi connectivity index (χ3n) is 3.99. The van der Waals surface area contributed by atoms with Crippen LogP contribution in [0.3, 0.4) is 0 Å². The molecule has 1 aliphatic rings. The summed E-state index contributed by atoms with van der Waals surface area (Å²) in [5.74, 6) is 0. The minimum Gasteiger partial charge on any atom is -0.389 e. The molecule has 1 aromatic carbocycles. The van der Waals surface area contributed by atoms with E-state index >= 15 is 0 Å². The van der Waals surface area contributed by atoms with Crippen LogP contribution in [-0.4, -0.2) is 30.4 Å². The molecule has 0 amide bonds. The molecule has 0 saturated carbocycles. The zero-order valence-corrected chi connectivity index (χ0v) is 12.9. The zero-order valence-electron chi connectivity index (χ0n) is 12.1. The summed E-state index contributed by atoms with van der Waals surface area (Å²) in [5.41, 5.74) is 0.635. The molecule has 0 spiro atoms. The summed E-state index contributed by atoms with van der Waals surface area (Å²) in [6.07, 6.45) is 3.14. The smallest absolute Gasteiger partial charge is 0.243 e. The molecule has 112 valence electrons. The Hall–Kier alpha value is -0.910. The molecule has 1 fully saturated rings. The summed E-state index contributed by atoms with van der Waals surface area (Å²) < 4.78 is 27.2. The van der Waals surface area contributed by atoms with Gasteiger partial charge in [-0.05, 0) is 43.9 Å². The van der Waals surface area contributed by atoms with Crippen molar-refractivity contribution in [2.45, 2.75) is 56.6 Å². The maximum absolute atomic E-state index is 12.8. The second-order valence-corrected chi connectivity index (χ2v) is 7.31. The van der Waals surface area contributed by atoms with Gasteiger partial charge in [-0.2, -0.15) is 4.31 Å². The van der Waals surface area contributed by atoms with E-state index in [1.807, 2.05) is 6.92 Å². The highest BCUT2D eigenvalue weighted by Crippen LogP contribution is 2.28. The van der Waals surface area contributed by atoms with Crippen LogP contribution in [0.25, 0.3) is 0 Å². The van der Waals surface area contributed by atoms with E-state index in [1.54, 1.807) is 35.5 Å². The molecule has 0 aliphatic carbocycles. The molecule has 20 heavy (non-hydrogen) atoms. The van der Waals surface area contributed by atoms with Gasteiger partial charge in [0.25, 0.3) is 0 Å². The fourth-order valence-electron chi connectivity index (χ4n) is 2.77. The van der Waals surface area contributed by atoms with Gasteiger partial charge in [-0.1, -0.05) is 25.5 Å². The third kappa shape index (κ3) is 3.05. The highest BCUT2D eigenvalue weighted by Gasteiger charge is 2.32. The lowest BCUT2D eigenvalue weighted by molar-refractivity contribution is 0.199. The minimum atomic E-state index is -3.46. The van der Waals surface area contributed by atoms with Gasteiger partial charge in [0.1, 0.15) is 0 Å². The van der Waals surface area contributed by atoms with Gasteiger partial charge in [-0.25, -0.2) is 8.42 Å². The Bertz CT molecular complexity index is 554. The maximum atomic E-state index is 12.8. The first-order chi connectivity index (χ1) is 9.46. The lowest BCUT2D eigenvalue weighted by atomic mass is 10.0. The second-order valence-electron chi connectivity index (χ2n) is 5.42. The summed E-state index contributed by atoms with van der Waals surface area (Å²) >= 11 is 0. The van der Waals surface area contributed by atoms with E-state index < -0.39 is 16.1 Å². The highest BCUT2D eigenvalue weighted by molar-refractivity contribution is 7.89. The predicted octanol–water partition coefficient (Wildman–Crippen LogP) is 2.69. The SMILES string of the molecule is CCC1CCCCN1S(=O)(=O)c1cccc(C(C)O)c1. The van der Waals surface area contributed by atoms with E-state index in [1.165, 1.54) is 0 Å². The van der Waals surface area contributed by atoms with Crippen molar-refractivity contribution in [2.75, 3.05) is 6.54 Å². The summed E-state index contributed by atoms with van der Waals surface area (Å²) in [5, 5.41) is 9.61. The number of hydrogen-bond acceptors (Lipinski definition) is 3. The van der Waals surface area contributed by atoms with Gasteiger partial charge in [0, 0.05) is 12.6 Å². The van der Waals surface area contributed by atoms with Crippen molar-refractivity contribution < 1.29 is 13.5 Å². The van der Waals surface area contributed by atoms with Crippen molar-refractivity contribution >= 4 is 10.0 Å². The topological polar surface area (TPSA) is 57.6 Å². The van der Waals surface area contributed by atoms with E-state index in [-0.39, 0.29) is 10.9 Å². The normalized spacial score (nSPS) is 22.6. The first-order valence-electron chi connectivity index (χ1n) is 7.26. The number of aliphatic hydroxyl groups excluding tert-OH is 1. The van der Waals surface area contributed by atoms with Crippen molar-refractivity contribution in [3.05, 3.63) is 29.8 Å². The van der Waals surface area contributed by atoms with Gasteiger partial charge in [0.15, 0.2) is 0 Å². The van der Waals surface area contributed by atoms with Crippen LogP contribution >= 0.6 is 0 Å². The summed E-state index contributed by atoms with van der Waals surface area (Å²) in [6.45, 7) is 4.27. The van der Waals surface area contributed by atoms with Crippen LogP contribution in [0.4, 0.5) is 0 Å². The molecular formula is C15H23NO3S. The van der Waals surface area contributed by atoms with Crippen LogP contribution in [-0.2, 0) is 10.0 Å². The molecule has 2 atom stereocenters. The standard InChI is InChI=1S/C15H23NO3S/c1-3-14-8-4-5-10-16(14)20(18,19)15-9-6-7-13(11-15)12(2)17/h6-7,9,11-12,14,17H,3-5,8,10H2,1-2H3. The van der Waals surface area contributed by atoms with E-state index in [0.717, 1.165) is 25.7 Å². The molecule has 0 aromatic heterocycles. The summed E-state index contributed by atoms with van der Waals surface area (Å²) in [4.78, 5) is 0.288. The zero-order chi connectivity index (χ0) is 14.8.